The molecular weight excluding hydrogens is 459 g/mol. The first kappa shape index (κ1) is 22.7. The number of hydrogen-bond acceptors (Lipinski definition) is 4. The molecule has 1 aromatic heterocycles. The smallest absolute Gasteiger partial charge is 0.193 e. The molecule has 5 nitrogen and oxygen atoms in total. The summed E-state index contributed by atoms with van der Waals surface area (Å²) in [6.07, 6.45) is 3.90. The molecular formula is C19H29IN4OS. The predicted molar refractivity (Wildman–Crippen MR) is 121 cm³/mol. The maximum Gasteiger partial charge on any atom is 0.193 e. The van der Waals surface area contributed by atoms with Crippen molar-refractivity contribution < 1.29 is 4.74 Å². The van der Waals surface area contributed by atoms with Crippen LogP contribution in [0.25, 0.3) is 0 Å². The number of aryl methyl sites for hydroxylation is 1. The molecule has 0 fully saturated rings. The number of ether oxygens (including phenoxy) is 1. The molecule has 0 spiro atoms. The van der Waals surface area contributed by atoms with Gasteiger partial charge in [-0.05, 0) is 19.4 Å². The molecule has 0 aliphatic rings. The summed E-state index contributed by atoms with van der Waals surface area (Å²) in [5.74, 6) is 1.81. The van der Waals surface area contributed by atoms with Gasteiger partial charge in [-0.15, -0.1) is 35.3 Å². The van der Waals surface area contributed by atoms with E-state index in [9.17, 15) is 0 Å². The van der Waals surface area contributed by atoms with Crippen molar-refractivity contribution in [1.82, 2.24) is 15.2 Å². The summed E-state index contributed by atoms with van der Waals surface area (Å²) in [5, 5.41) is 4.52. The molecule has 0 aliphatic carbocycles. The molecule has 0 aliphatic heterocycles. The lowest BCUT2D eigenvalue weighted by molar-refractivity contribution is 0.396. The number of para-hydroxylation sites is 1. The highest BCUT2D eigenvalue weighted by molar-refractivity contribution is 14.0. The van der Waals surface area contributed by atoms with E-state index in [0.717, 1.165) is 54.8 Å². The molecule has 0 radical (unpaired) electrons. The highest BCUT2D eigenvalue weighted by Crippen LogP contribution is 2.19. The maximum absolute atomic E-state index is 5.44. The summed E-state index contributed by atoms with van der Waals surface area (Å²) in [6.45, 7) is 6.56. The molecule has 2 rings (SSSR count). The fourth-order valence-corrected chi connectivity index (χ4v) is 3.37. The van der Waals surface area contributed by atoms with Crippen LogP contribution in [0, 0.1) is 0 Å². The van der Waals surface area contributed by atoms with Crippen molar-refractivity contribution in [2.75, 3.05) is 27.2 Å². The standard InChI is InChI=1S/C19H28N4OS.HI/c1-5-16-13-22-18(25-16)11-12-21-19(20-6-2)23(3)14-15-9-7-8-10-17(15)24-4;/h7-10,13H,5-6,11-12,14H2,1-4H3,(H,20,21);1H. The van der Waals surface area contributed by atoms with E-state index in [4.69, 9.17) is 9.73 Å². The van der Waals surface area contributed by atoms with Crippen LogP contribution in [0.1, 0.15) is 29.3 Å². The van der Waals surface area contributed by atoms with Gasteiger partial charge in [0.15, 0.2) is 5.96 Å². The monoisotopic (exact) mass is 488 g/mol. The molecule has 0 unspecified atom stereocenters. The van der Waals surface area contributed by atoms with Crippen molar-refractivity contribution in [2.45, 2.75) is 33.2 Å². The number of aliphatic imine (C=N–C) groups is 1. The van der Waals surface area contributed by atoms with Gasteiger partial charge >= 0.3 is 0 Å². The topological polar surface area (TPSA) is 49.8 Å². The van der Waals surface area contributed by atoms with Crippen molar-refractivity contribution in [3.05, 3.63) is 45.9 Å². The van der Waals surface area contributed by atoms with Gasteiger partial charge in [0, 0.05) is 49.7 Å². The Labute approximate surface area is 177 Å². The lowest BCUT2D eigenvalue weighted by Gasteiger charge is -2.23. The van der Waals surface area contributed by atoms with Gasteiger partial charge in [0.1, 0.15) is 5.75 Å². The van der Waals surface area contributed by atoms with Crippen molar-refractivity contribution >= 4 is 41.3 Å². The van der Waals surface area contributed by atoms with Crippen molar-refractivity contribution in [1.29, 1.82) is 0 Å². The van der Waals surface area contributed by atoms with Gasteiger partial charge in [-0.1, -0.05) is 25.1 Å². The van der Waals surface area contributed by atoms with E-state index >= 15 is 0 Å². The van der Waals surface area contributed by atoms with Crippen molar-refractivity contribution in [3.63, 3.8) is 0 Å². The molecule has 1 N–H and O–H groups in total. The van der Waals surface area contributed by atoms with Crippen LogP contribution in [-0.4, -0.2) is 43.1 Å². The number of aromatic nitrogens is 1. The molecule has 0 amide bonds. The minimum absolute atomic E-state index is 0. The molecule has 0 bridgehead atoms. The Hall–Kier alpha value is -1.35. The summed E-state index contributed by atoms with van der Waals surface area (Å²) in [7, 11) is 3.75. The zero-order valence-electron chi connectivity index (χ0n) is 16.0. The Balaban J connectivity index is 0.00000338. The fourth-order valence-electron chi connectivity index (χ4n) is 2.52. The third-order valence-corrected chi connectivity index (χ3v) is 5.04. The van der Waals surface area contributed by atoms with Crippen molar-refractivity contribution in [3.8, 4) is 5.75 Å². The Morgan fingerprint density at radius 3 is 2.73 bits per heavy atom. The summed E-state index contributed by atoms with van der Waals surface area (Å²) in [4.78, 5) is 12.7. The van der Waals surface area contributed by atoms with Crippen LogP contribution < -0.4 is 10.1 Å². The molecule has 26 heavy (non-hydrogen) atoms. The average molecular weight is 488 g/mol. The van der Waals surface area contributed by atoms with Gasteiger partial charge in [-0.25, -0.2) is 4.98 Å². The van der Waals surface area contributed by atoms with Crippen LogP contribution in [0.3, 0.4) is 0 Å². The van der Waals surface area contributed by atoms with Crippen LogP contribution in [0.15, 0.2) is 35.5 Å². The van der Waals surface area contributed by atoms with E-state index in [1.165, 1.54) is 4.88 Å². The molecule has 0 saturated carbocycles. The molecule has 7 heteroatoms. The molecule has 1 aromatic carbocycles. The lowest BCUT2D eigenvalue weighted by atomic mass is 10.2. The summed E-state index contributed by atoms with van der Waals surface area (Å²) in [5.41, 5.74) is 1.14. The molecule has 0 saturated heterocycles. The summed E-state index contributed by atoms with van der Waals surface area (Å²) in [6, 6.07) is 8.09. The van der Waals surface area contributed by atoms with Gasteiger partial charge in [0.2, 0.25) is 0 Å². The SMILES string of the molecule is CCNC(=NCCc1ncc(CC)s1)N(C)Cc1ccccc1OC.I. The van der Waals surface area contributed by atoms with E-state index in [1.54, 1.807) is 18.4 Å². The third-order valence-electron chi connectivity index (χ3n) is 3.83. The van der Waals surface area contributed by atoms with Gasteiger partial charge in [-0.3, -0.25) is 4.99 Å². The minimum atomic E-state index is 0. The fraction of sp³-hybridized carbons (Fsp3) is 0.474. The van der Waals surface area contributed by atoms with Crippen LogP contribution in [0.5, 0.6) is 5.75 Å². The quantitative estimate of drug-likeness (QED) is 0.347. The normalized spacial score (nSPS) is 11.0. The highest BCUT2D eigenvalue weighted by atomic mass is 127. The summed E-state index contributed by atoms with van der Waals surface area (Å²) < 4.78 is 5.44. The summed E-state index contributed by atoms with van der Waals surface area (Å²) >= 11 is 1.78. The zero-order chi connectivity index (χ0) is 18.1. The second-order valence-corrected chi connectivity index (χ2v) is 6.93. The number of methoxy groups -OCH3 is 1. The van der Waals surface area contributed by atoms with Crippen LogP contribution in [-0.2, 0) is 19.4 Å². The van der Waals surface area contributed by atoms with Crippen LogP contribution in [0.4, 0.5) is 0 Å². The third kappa shape index (κ3) is 6.75. The van der Waals surface area contributed by atoms with E-state index in [1.807, 2.05) is 31.4 Å². The first-order valence-corrected chi connectivity index (χ1v) is 9.54. The van der Waals surface area contributed by atoms with Crippen LogP contribution >= 0.6 is 35.3 Å². The Morgan fingerprint density at radius 2 is 2.08 bits per heavy atom. The number of rotatable bonds is 8. The first-order chi connectivity index (χ1) is 12.2. The number of nitrogens with zero attached hydrogens (tertiary/aromatic N) is 3. The molecule has 0 atom stereocenters. The number of guanidine groups is 1. The number of thiazole rings is 1. The molecule has 144 valence electrons. The van der Waals surface area contributed by atoms with E-state index in [2.05, 4.69) is 35.1 Å². The van der Waals surface area contributed by atoms with Gasteiger partial charge in [0.05, 0.1) is 12.1 Å². The predicted octanol–water partition coefficient (Wildman–Crippen LogP) is 3.97. The Bertz CT molecular complexity index is 690. The number of nitrogens with one attached hydrogen (secondary N) is 1. The lowest BCUT2D eigenvalue weighted by Crippen LogP contribution is -2.38. The largest absolute Gasteiger partial charge is 0.496 e. The number of benzene rings is 1. The number of halogens is 1. The first-order valence-electron chi connectivity index (χ1n) is 8.72. The second-order valence-electron chi connectivity index (χ2n) is 5.73. The molecule has 1 heterocycles. The Morgan fingerprint density at radius 1 is 1.31 bits per heavy atom. The van der Waals surface area contributed by atoms with E-state index in [-0.39, 0.29) is 24.0 Å². The second kappa shape index (κ2) is 12.1. The number of hydrogen-bond donors (Lipinski definition) is 1. The van der Waals surface area contributed by atoms with Gasteiger partial charge in [0.25, 0.3) is 0 Å². The zero-order valence-corrected chi connectivity index (χ0v) is 19.1. The maximum atomic E-state index is 5.44. The van der Waals surface area contributed by atoms with Gasteiger partial charge in [-0.2, -0.15) is 0 Å². The van der Waals surface area contributed by atoms with E-state index in [0.29, 0.717) is 0 Å². The minimum Gasteiger partial charge on any atom is -0.496 e. The highest BCUT2D eigenvalue weighted by Gasteiger charge is 2.10. The van der Waals surface area contributed by atoms with E-state index < -0.39 is 0 Å². The van der Waals surface area contributed by atoms with Crippen LogP contribution in [0.2, 0.25) is 0 Å². The average Bonchev–Trinajstić information content (AvgIpc) is 3.09. The van der Waals surface area contributed by atoms with Crippen molar-refractivity contribution in [2.24, 2.45) is 4.99 Å². The van der Waals surface area contributed by atoms with Gasteiger partial charge < -0.3 is 15.0 Å². The Kier molecular flexibility index (Phi) is 10.6. The molecule has 2 aromatic rings.